The van der Waals surface area contributed by atoms with Gasteiger partial charge in [-0.05, 0) is 50.9 Å². The van der Waals surface area contributed by atoms with Crippen molar-refractivity contribution in [1.82, 2.24) is 5.32 Å². The summed E-state index contributed by atoms with van der Waals surface area (Å²) < 4.78 is 5.09. The number of nitrogens with one attached hydrogen (secondary N) is 1. The number of nitro benzene ring substituents is 1. The molecular formula is C15H23N3O3. The molecule has 1 N–H and O–H groups in total. The van der Waals surface area contributed by atoms with E-state index in [2.05, 4.69) is 10.2 Å². The molecule has 1 fully saturated rings. The first-order chi connectivity index (χ1) is 10.2. The average molecular weight is 293 g/mol. The molecule has 1 saturated heterocycles. The fraction of sp³-hybridized carbons (Fsp3) is 0.600. The Morgan fingerprint density at radius 2 is 2.33 bits per heavy atom. The van der Waals surface area contributed by atoms with E-state index < -0.39 is 0 Å². The highest BCUT2D eigenvalue weighted by molar-refractivity contribution is 5.65. The molecule has 116 valence electrons. The van der Waals surface area contributed by atoms with Gasteiger partial charge in [-0.3, -0.25) is 10.1 Å². The number of anilines is 1. The maximum absolute atomic E-state index is 11.3. The van der Waals surface area contributed by atoms with Crippen molar-refractivity contribution in [2.24, 2.45) is 5.92 Å². The molecule has 6 heteroatoms. The van der Waals surface area contributed by atoms with E-state index in [-0.39, 0.29) is 10.6 Å². The highest BCUT2D eigenvalue weighted by atomic mass is 16.6. The molecule has 6 nitrogen and oxygen atoms in total. The normalized spacial score (nSPS) is 18.3. The Kier molecular flexibility index (Phi) is 5.38. The monoisotopic (exact) mass is 293 g/mol. The number of nitro groups is 1. The minimum atomic E-state index is -0.334. The van der Waals surface area contributed by atoms with Crippen LogP contribution in [-0.4, -0.2) is 38.2 Å². The van der Waals surface area contributed by atoms with Gasteiger partial charge in [-0.15, -0.1) is 0 Å². The molecule has 2 rings (SSSR count). The summed E-state index contributed by atoms with van der Waals surface area (Å²) in [5, 5.41) is 14.7. The molecule has 0 saturated carbocycles. The second kappa shape index (κ2) is 7.26. The minimum Gasteiger partial charge on any atom is -0.496 e. The molecule has 0 bridgehead atoms. The van der Waals surface area contributed by atoms with Gasteiger partial charge in [-0.1, -0.05) is 0 Å². The smallest absolute Gasteiger partial charge is 0.296 e. The molecule has 0 radical (unpaired) electrons. The van der Waals surface area contributed by atoms with Crippen LogP contribution in [-0.2, 0) is 0 Å². The van der Waals surface area contributed by atoms with Crippen molar-refractivity contribution >= 4 is 11.4 Å². The van der Waals surface area contributed by atoms with Gasteiger partial charge in [-0.25, -0.2) is 0 Å². The zero-order valence-corrected chi connectivity index (χ0v) is 12.7. The van der Waals surface area contributed by atoms with Crippen LogP contribution in [0.2, 0.25) is 0 Å². The van der Waals surface area contributed by atoms with Crippen molar-refractivity contribution in [3.63, 3.8) is 0 Å². The van der Waals surface area contributed by atoms with Gasteiger partial charge >= 0.3 is 0 Å². The van der Waals surface area contributed by atoms with Gasteiger partial charge in [0.1, 0.15) is 11.4 Å². The van der Waals surface area contributed by atoms with E-state index in [0.29, 0.717) is 17.4 Å². The van der Waals surface area contributed by atoms with Crippen LogP contribution in [0.5, 0.6) is 5.75 Å². The Bertz CT molecular complexity index is 487. The summed E-state index contributed by atoms with van der Waals surface area (Å²) in [4.78, 5) is 13.1. The number of piperidine rings is 1. The van der Waals surface area contributed by atoms with Crippen molar-refractivity contribution < 1.29 is 9.66 Å². The van der Waals surface area contributed by atoms with Crippen LogP contribution in [0.25, 0.3) is 0 Å². The van der Waals surface area contributed by atoms with Crippen LogP contribution in [0.4, 0.5) is 11.4 Å². The third kappa shape index (κ3) is 3.85. The zero-order chi connectivity index (χ0) is 15.2. The van der Waals surface area contributed by atoms with Crippen LogP contribution in [0, 0.1) is 16.0 Å². The number of rotatable bonds is 6. The van der Waals surface area contributed by atoms with Gasteiger partial charge in [0.15, 0.2) is 0 Å². The van der Waals surface area contributed by atoms with E-state index in [4.69, 9.17) is 4.74 Å². The second-order valence-electron chi connectivity index (χ2n) is 5.36. The topological polar surface area (TPSA) is 67.6 Å². The van der Waals surface area contributed by atoms with Crippen LogP contribution in [0.1, 0.15) is 19.8 Å². The molecule has 1 aromatic rings. The van der Waals surface area contributed by atoms with Crippen molar-refractivity contribution in [1.29, 1.82) is 0 Å². The van der Waals surface area contributed by atoms with Gasteiger partial charge in [-0.2, -0.15) is 0 Å². The quantitative estimate of drug-likeness (QED) is 0.644. The maximum Gasteiger partial charge on any atom is 0.296 e. The van der Waals surface area contributed by atoms with Crippen molar-refractivity contribution in [2.45, 2.75) is 19.8 Å². The Labute approximate surface area is 125 Å². The van der Waals surface area contributed by atoms with Crippen LogP contribution < -0.4 is 15.0 Å². The van der Waals surface area contributed by atoms with Crippen LogP contribution in [0.3, 0.4) is 0 Å². The van der Waals surface area contributed by atoms with Gasteiger partial charge in [0, 0.05) is 13.1 Å². The molecule has 1 aromatic carbocycles. The van der Waals surface area contributed by atoms with Crippen molar-refractivity contribution in [3.05, 3.63) is 28.3 Å². The minimum absolute atomic E-state index is 0.111. The van der Waals surface area contributed by atoms with E-state index in [0.717, 1.165) is 26.2 Å². The highest BCUT2D eigenvalue weighted by Gasteiger charge is 2.23. The molecule has 0 spiro atoms. The molecule has 0 aliphatic carbocycles. The van der Waals surface area contributed by atoms with Gasteiger partial charge < -0.3 is 15.0 Å². The molecule has 1 aliphatic heterocycles. The Balaban J connectivity index is 2.21. The summed E-state index contributed by atoms with van der Waals surface area (Å²) in [5.41, 5.74) is 0.786. The van der Waals surface area contributed by atoms with Gasteiger partial charge in [0.2, 0.25) is 0 Å². The summed E-state index contributed by atoms with van der Waals surface area (Å²) in [6, 6.07) is 5.07. The number of methoxy groups -OCH3 is 1. The zero-order valence-electron chi connectivity index (χ0n) is 12.7. The summed E-state index contributed by atoms with van der Waals surface area (Å²) in [6.07, 6.45) is 2.35. The van der Waals surface area contributed by atoms with Crippen molar-refractivity contribution in [3.8, 4) is 5.75 Å². The maximum atomic E-state index is 11.3. The highest BCUT2D eigenvalue weighted by Crippen LogP contribution is 2.32. The predicted octanol–water partition coefficient (Wildman–Crippen LogP) is 2.43. The number of ether oxygens (including phenoxy) is 1. The molecule has 0 amide bonds. The van der Waals surface area contributed by atoms with E-state index in [9.17, 15) is 10.1 Å². The lowest BCUT2D eigenvalue weighted by molar-refractivity contribution is -0.384. The lowest BCUT2D eigenvalue weighted by Gasteiger charge is -2.30. The lowest BCUT2D eigenvalue weighted by atomic mass is 9.98. The van der Waals surface area contributed by atoms with Gasteiger partial charge in [0.25, 0.3) is 5.69 Å². The second-order valence-corrected chi connectivity index (χ2v) is 5.36. The van der Waals surface area contributed by atoms with E-state index >= 15 is 0 Å². The Morgan fingerprint density at radius 1 is 1.52 bits per heavy atom. The third-order valence-electron chi connectivity index (χ3n) is 3.98. The molecule has 1 atom stereocenters. The summed E-state index contributed by atoms with van der Waals surface area (Å²) in [6.45, 7) is 5.69. The van der Waals surface area contributed by atoms with E-state index in [1.165, 1.54) is 26.0 Å². The lowest BCUT2D eigenvalue weighted by Crippen LogP contribution is -2.38. The number of benzene rings is 1. The Hall–Kier alpha value is -1.82. The van der Waals surface area contributed by atoms with E-state index in [1.807, 2.05) is 6.92 Å². The molecule has 1 unspecified atom stereocenters. The summed E-state index contributed by atoms with van der Waals surface area (Å²) in [5.74, 6) is 1.06. The average Bonchev–Trinajstić information content (AvgIpc) is 2.53. The standard InChI is InChI=1S/C15H23N3O3/c1-3-17(11-12-5-4-8-16-10-12)14-7-6-13(21-2)9-15(14)18(19)20/h6-7,9,12,16H,3-5,8,10-11H2,1-2H3. The van der Waals surface area contributed by atoms with Crippen molar-refractivity contribution in [2.75, 3.05) is 38.2 Å². The fourth-order valence-electron chi connectivity index (χ4n) is 2.83. The predicted molar refractivity (Wildman–Crippen MR) is 83.1 cm³/mol. The van der Waals surface area contributed by atoms with Crippen LogP contribution >= 0.6 is 0 Å². The number of nitrogens with zero attached hydrogens (tertiary/aromatic N) is 2. The van der Waals surface area contributed by atoms with Gasteiger partial charge in [0.05, 0.1) is 18.1 Å². The number of hydrogen-bond acceptors (Lipinski definition) is 5. The molecular weight excluding hydrogens is 270 g/mol. The first-order valence-electron chi connectivity index (χ1n) is 7.43. The molecule has 21 heavy (non-hydrogen) atoms. The fourth-order valence-corrected chi connectivity index (χ4v) is 2.83. The SMILES string of the molecule is CCN(CC1CCCNC1)c1ccc(OC)cc1[N+](=O)[O-]. The first-order valence-corrected chi connectivity index (χ1v) is 7.43. The first kappa shape index (κ1) is 15.6. The molecule has 1 heterocycles. The third-order valence-corrected chi connectivity index (χ3v) is 3.98. The largest absolute Gasteiger partial charge is 0.496 e. The van der Waals surface area contributed by atoms with Crippen LogP contribution in [0.15, 0.2) is 18.2 Å². The Morgan fingerprint density at radius 3 is 2.90 bits per heavy atom. The summed E-state index contributed by atoms with van der Waals surface area (Å²) >= 11 is 0. The summed E-state index contributed by atoms with van der Waals surface area (Å²) in [7, 11) is 1.52. The van der Waals surface area contributed by atoms with E-state index in [1.54, 1.807) is 12.1 Å². The molecule has 1 aliphatic rings. The molecule has 0 aromatic heterocycles. The number of hydrogen-bond donors (Lipinski definition) is 1.